The number of benzene rings is 3. The Kier molecular flexibility index (Phi) is 4.24. The van der Waals surface area contributed by atoms with Crippen molar-refractivity contribution in [2.24, 2.45) is 0 Å². The number of hydrogen-bond donors (Lipinski definition) is 1. The Hall–Kier alpha value is -3.41. The lowest BCUT2D eigenvalue weighted by atomic mass is 9.98. The first-order valence-corrected chi connectivity index (χ1v) is 8.25. The second-order valence-electron chi connectivity index (χ2n) is 6.10. The molecule has 0 aromatic heterocycles. The topological polar surface area (TPSA) is 47.6 Å². The summed E-state index contributed by atoms with van der Waals surface area (Å²) in [4.78, 5) is 12.8. The van der Waals surface area contributed by atoms with Gasteiger partial charge < -0.3 is 14.8 Å². The van der Waals surface area contributed by atoms with Crippen LogP contribution in [0.15, 0.2) is 54.6 Å². The van der Waals surface area contributed by atoms with E-state index in [-0.39, 0.29) is 18.1 Å². The molecule has 1 aliphatic rings. The highest BCUT2D eigenvalue weighted by Crippen LogP contribution is 2.33. The van der Waals surface area contributed by atoms with Crippen molar-refractivity contribution in [2.45, 2.75) is 6.61 Å². The zero-order valence-electron chi connectivity index (χ0n) is 14.4. The Morgan fingerprint density at radius 3 is 2.59 bits per heavy atom. The maximum atomic E-state index is 13.9. The number of ether oxygens (including phenoxy) is 2. The smallest absolute Gasteiger partial charge is 0.197 e. The number of halogens is 2. The van der Waals surface area contributed by atoms with Crippen LogP contribution in [0.2, 0.25) is 0 Å². The lowest BCUT2D eigenvalue weighted by molar-refractivity contribution is 0.103. The van der Waals surface area contributed by atoms with Crippen molar-refractivity contribution in [3.8, 4) is 11.5 Å². The first-order valence-electron chi connectivity index (χ1n) is 8.25. The van der Waals surface area contributed by atoms with E-state index >= 15 is 0 Å². The average Bonchev–Trinajstić information content (AvgIpc) is 2.80. The molecule has 0 amide bonds. The van der Waals surface area contributed by atoms with E-state index in [1.165, 1.54) is 12.1 Å². The fourth-order valence-electron chi connectivity index (χ4n) is 2.99. The maximum absolute atomic E-state index is 13.9. The van der Waals surface area contributed by atoms with Crippen molar-refractivity contribution < 1.29 is 23.0 Å². The van der Waals surface area contributed by atoms with Gasteiger partial charge in [-0.3, -0.25) is 4.79 Å². The highest BCUT2D eigenvalue weighted by atomic mass is 19.1. The van der Waals surface area contributed by atoms with Gasteiger partial charge in [0.25, 0.3) is 0 Å². The van der Waals surface area contributed by atoms with Gasteiger partial charge in [0.2, 0.25) is 0 Å². The number of methoxy groups -OCH3 is 1. The van der Waals surface area contributed by atoms with Crippen molar-refractivity contribution in [3.63, 3.8) is 0 Å². The average molecular weight is 367 g/mol. The molecule has 136 valence electrons. The molecule has 1 aliphatic heterocycles. The molecule has 0 fully saturated rings. The van der Waals surface area contributed by atoms with Crippen LogP contribution in [0.5, 0.6) is 11.5 Å². The van der Waals surface area contributed by atoms with Crippen molar-refractivity contribution in [3.05, 3.63) is 82.9 Å². The van der Waals surface area contributed by atoms with Crippen LogP contribution in [0.3, 0.4) is 0 Å². The van der Waals surface area contributed by atoms with Gasteiger partial charge in [0.15, 0.2) is 5.78 Å². The van der Waals surface area contributed by atoms with E-state index in [1.54, 1.807) is 43.5 Å². The fraction of sp³-hybridized carbons (Fsp3) is 0.0952. The summed E-state index contributed by atoms with van der Waals surface area (Å²) < 4.78 is 37.9. The van der Waals surface area contributed by atoms with Gasteiger partial charge in [-0.15, -0.1) is 0 Å². The molecule has 1 N–H and O–H groups in total. The van der Waals surface area contributed by atoms with Gasteiger partial charge in [-0.25, -0.2) is 8.78 Å². The molecule has 0 radical (unpaired) electrons. The van der Waals surface area contributed by atoms with Gasteiger partial charge in [-0.05, 0) is 42.5 Å². The summed E-state index contributed by atoms with van der Waals surface area (Å²) in [7, 11) is 1.56. The predicted molar refractivity (Wildman–Crippen MR) is 96.8 cm³/mol. The summed E-state index contributed by atoms with van der Waals surface area (Å²) in [6.07, 6.45) is 0. The molecule has 6 heteroatoms. The van der Waals surface area contributed by atoms with Crippen LogP contribution >= 0.6 is 0 Å². The third kappa shape index (κ3) is 3.21. The van der Waals surface area contributed by atoms with Crippen molar-refractivity contribution in [2.75, 3.05) is 12.4 Å². The summed E-state index contributed by atoms with van der Waals surface area (Å²) in [6, 6.07) is 13.4. The summed E-state index contributed by atoms with van der Waals surface area (Å²) in [5.41, 5.74) is 2.36. The molecule has 27 heavy (non-hydrogen) atoms. The second-order valence-corrected chi connectivity index (χ2v) is 6.10. The lowest BCUT2D eigenvalue weighted by Gasteiger charge is -2.11. The van der Waals surface area contributed by atoms with E-state index < -0.39 is 11.6 Å². The molecule has 0 unspecified atom stereocenters. The third-order valence-corrected chi connectivity index (χ3v) is 4.38. The van der Waals surface area contributed by atoms with Crippen LogP contribution in [0.4, 0.5) is 20.2 Å². The number of hydrogen-bond acceptors (Lipinski definition) is 4. The van der Waals surface area contributed by atoms with Gasteiger partial charge in [0, 0.05) is 28.9 Å². The molecule has 3 aromatic carbocycles. The number of ketones is 1. The Morgan fingerprint density at radius 1 is 1.00 bits per heavy atom. The normalized spacial score (nSPS) is 12.5. The quantitative estimate of drug-likeness (QED) is 0.720. The largest absolute Gasteiger partial charge is 0.497 e. The molecule has 0 aliphatic carbocycles. The van der Waals surface area contributed by atoms with E-state index in [2.05, 4.69) is 5.32 Å². The number of fused-ring (bicyclic) bond motifs is 2. The van der Waals surface area contributed by atoms with Crippen LogP contribution in [-0.4, -0.2) is 12.9 Å². The number of carbonyl (C=O) groups excluding carboxylic acids is 1. The number of nitrogens with one attached hydrogen (secondary N) is 1. The van der Waals surface area contributed by atoms with E-state index in [4.69, 9.17) is 9.47 Å². The first kappa shape index (κ1) is 17.0. The number of carbonyl (C=O) groups is 1. The number of rotatable bonds is 3. The maximum Gasteiger partial charge on any atom is 0.197 e. The zero-order chi connectivity index (χ0) is 19.0. The van der Waals surface area contributed by atoms with Crippen molar-refractivity contribution in [1.82, 2.24) is 0 Å². The van der Waals surface area contributed by atoms with Crippen LogP contribution in [-0.2, 0) is 6.61 Å². The molecule has 0 saturated carbocycles. The first-order chi connectivity index (χ1) is 13.0. The Labute approximate surface area is 154 Å². The molecule has 3 aromatic rings. The minimum atomic E-state index is -0.707. The van der Waals surface area contributed by atoms with Crippen molar-refractivity contribution >= 4 is 17.2 Å². The summed E-state index contributed by atoms with van der Waals surface area (Å²) in [5, 5.41) is 2.87. The fourth-order valence-corrected chi connectivity index (χ4v) is 2.99. The van der Waals surface area contributed by atoms with Crippen LogP contribution in [0.1, 0.15) is 21.5 Å². The molecule has 1 heterocycles. The van der Waals surface area contributed by atoms with E-state index in [0.717, 1.165) is 11.6 Å². The summed E-state index contributed by atoms with van der Waals surface area (Å²) in [5.74, 6) is -0.476. The molecular weight excluding hydrogens is 352 g/mol. The van der Waals surface area contributed by atoms with Gasteiger partial charge in [0.05, 0.1) is 18.4 Å². The van der Waals surface area contributed by atoms with Crippen LogP contribution in [0.25, 0.3) is 0 Å². The zero-order valence-corrected chi connectivity index (χ0v) is 14.4. The van der Waals surface area contributed by atoms with E-state index in [9.17, 15) is 13.6 Å². The lowest BCUT2D eigenvalue weighted by Crippen LogP contribution is -2.03. The SMILES string of the molecule is COc1ccc2c(c1)COc1cc(Nc3ccc(F)cc3F)ccc1C2=O. The van der Waals surface area contributed by atoms with Gasteiger partial charge in [-0.2, -0.15) is 0 Å². The van der Waals surface area contributed by atoms with Crippen LogP contribution in [0, 0.1) is 11.6 Å². The number of anilines is 2. The molecule has 0 spiro atoms. The Morgan fingerprint density at radius 2 is 1.81 bits per heavy atom. The third-order valence-electron chi connectivity index (χ3n) is 4.38. The highest BCUT2D eigenvalue weighted by Gasteiger charge is 2.23. The molecule has 4 rings (SSSR count). The summed E-state index contributed by atoms with van der Waals surface area (Å²) in [6.45, 7) is 0.208. The summed E-state index contributed by atoms with van der Waals surface area (Å²) >= 11 is 0. The van der Waals surface area contributed by atoms with Gasteiger partial charge >= 0.3 is 0 Å². The Balaban J connectivity index is 1.66. The highest BCUT2D eigenvalue weighted by molar-refractivity contribution is 6.12. The molecule has 0 atom stereocenters. The predicted octanol–water partition coefficient (Wildman–Crippen LogP) is 4.84. The monoisotopic (exact) mass is 367 g/mol. The molecule has 4 nitrogen and oxygen atoms in total. The van der Waals surface area contributed by atoms with Gasteiger partial charge in [-0.1, -0.05) is 0 Å². The minimum Gasteiger partial charge on any atom is -0.497 e. The van der Waals surface area contributed by atoms with Crippen LogP contribution < -0.4 is 14.8 Å². The molecule has 0 saturated heterocycles. The van der Waals surface area contributed by atoms with E-state index in [1.807, 2.05) is 0 Å². The second kappa shape index (κ2) is 6.72. The Bertz CT molecular complexity index is 1050. The van der Waals surface area contributed by atoms with E-state index in [0.29, 0.717) is 28.3 Å². The van der Waals surface area contributed by atoms with Gasteiger partial charge in [0.1, 0.15) is 29.7 Å². The van der Waals surface area contributed by atoms with Crippen molar-refractivity contribution in [1.29, 1.82) is 0 Å². The molecular formula is C21H15F2NO3. The standard InChI is InChI=1S/C21H15F2NO3/c1-26-15-4-6-16-12(8-15)11-27-20-10-14(3-5-17(20)21(16)25)24-19-7-2-13(22)9-18(19)23/h2-10,24H,11H2,1H3. The molecule has 0 bridgehead atoms. The minimum absolute atomic E-state index is 0.129.